The molecule has 1 N–H and O–H groups in total. The van der Waals surface area contributed by atoms with E-state index in [-0.39, 0.29) is 11.7 Å². The van der Waals surface area contributed by atoms with E-state index >= 15 is 0 Å². The van der Waals surface area contributed by atoms with E-state index in [1.54, 1.807) is 6.07 Å². The number of aryl methyl sites for hydroxylation is 1. The summed E-state index contributed by atoms with van der Waals surface area (Å²) in [5, 5.41) is 7.91. The number of hydrogen-bond acceptors (Lipinski definition) is 3. The fourth-order valence-corrected chi connectivity index (χ4v) is 2.73. The molecule has 0 saturated heterocycles. The Morgan fingerprint density at radius 1 is 1.40 bits per heavy atom. The van der Waals surface area contributed by atoms with Crippen LogP contribution in [-0.4, -0.2) is 21.3 Å². The monoisotopic (exact) mass is 278 g/mol. The number of aromatic nitrogens is 3. The number of pyridine rings is 1. The second-order valence-electron chi connectivity index (χ2n) is 5.03. The Labute approximate surface area is 115 Å². The van der Waals surface area contributed by atoms with Crippen LogP contribution in [0.4, 0.5) is 8.78 Å². The zero-order chi connectivity index (χ0) is 14.3. The van der Waals surface area contributed by atoms with Crippen molar-refractivity contribution in [1.29, 1.82) is 0 Å². The van der Waals surface area contributed by atoms with Crippen LogP contribution in [0.1, 0.15) is 36.3 Å². The molecule has 0 aromatic carbocycles. The molecule has 2 aromatic rings. The van der Waals surface area contributed by atoms with Gasteiger partial charge in [0.05, 0.1) is 11.4 Å². The maximum atomic E-state index is 12.6. The highest BCUT2D eigenvalue weighted by atomic mass is 19.3. The summed E-state index contributed by atoms with van der Waals surface area (Å²) in [4.78, 5) is 3.84. The van der Waals surface area contributed by atoms with Crippen LogP contribution in [0, 0.1) is 0 Å². The summed E-state index contributed by atoms with van der Waals surface area (Å²) >= 11 is 0. The average molecular weight is 278 g/mol. The van der Waals surface area contributed by atoms with Crippen LogP contribution in [0.3, 0.4) is 0 Å². The highest BCUT2D eigenvalue weighted by molar-refractivity contribution is 5.64. The molecule has 0 bridgehead atoms. The lowest BCUT2D eigenvalue weighted by Gasteiger charge is -2.19. The molecule has 0 unspecified atom stereocenters. The van der Waals surface area contributed by atoms with Crippen molar-refractivity contribution in [3.8, 4) is 11.3 Å². The van der Waals surface area contributed by atoms with E-state index in [2.05, 4.69) is 22.3 Å². The zero-order valence-electron chi connectivity index (χ0n) is 11.4. The van der Waals surface area contributed by atoms with Crippen molar-refractivity contribution in [3.63, 3.8) is 0 Å². The molecule has 0 aliphatic carbocycles. The molecule has 0 radical (unpaired) electrons. The Balaban J connectivity index is 2.06. The maximum Gasteiger partial charge on any atom is 0.280 e. The van der Waals surface area contributed by atoms with Crippen molar-refractivity contribution in [1.82, 2.24) is 20.1 Å². The van der Waals surface area contributed by atoms with Crippen molar-refractivity contribution in [2.75, 3.05) is 6.54 Å². The molecule has 0 amide bonds. The summed E-state index contributed by atoms with van der Waals surface area (Å²) in [6.07, 6.45) is -0.140. The number of nitrogens with one attached hydrogen (secondary N) is 1. The second kappa shape index (κ2) is 4.94. The fourth-order valence-electron chi connectivity index (χ4n) is 2.73. The van der Waals surface area contributed by atoms with Crippen LogP contribution < -0.4 is 5.32 Å². The van der Waals surface area contributed by atoms with Gasteiger partial charge in [-0.05, 0) is 32.0 Å². The molecule has 106 valence electrons. The number of fused-ring (bicyclic) bond motifs is 1. The third-order valence-electron chi connectivity index (χ3n) is 3.70. The first kappa shape index (κ1) is 13.2. The molecule has 3 rings (SSSR count). The van der Waals surface area contributed by atoms with E-state index in [1.165, 1.54) is 17.8 Å². The summed E-state index contributed by atoms with van der Waals surface area (Å²) in [5.41, 5.74) is 3.83. The van der Waals surface area contributed by atoms with Gasteiger partial charge in [0.2, 0.25) is 0 Å². The quantitative estimate of drug-likeness (QED) is 0.918. The molecule has 1 atom stereocenters. The van der Waals surface area contributed by atoms with Gasteiger partial charge in [-0.3, -0.25) is 9.67 Å². The zero-order valence-corrected chi connectivity index (χ0v) is 11.4. The second-order valence-corrected chi connectivity index (χ2v) is 5.03. The smallest absolute Gasteiger partial charge is 0.280 e. The first-order valence-corrected chi connectivity index (χ1v) is 6.61. The molecule has 3 heterocycles. The average Bonchev–Trinajstić information content (AvgIpc) is 2.77. The molecule has 6 heteroatoms. The fraction of sp³-hybridized carbons (Fsp3) is 0.429. The Morgan fingerprint density at radius 2 is 2.20 bits per heavy atom. The van der Waals surface area contributed by atoms with E-state index in [1.807, 2.05) is 11.7 Å². The minimum Gasteiger partial charge on any atom is -0.308 e. The first-order chi connectivity index (χ1) is 9.58. The molecular weight excluding hydrogens is 262 g/mol. The van der Waals surface area contributed by atoms with Crippen molar-refractivity contribution in [3.05, 3.63) is 35.3 Å². The minimum absolute atomic E-state index is 0.195. The Morgan fingerprint density at radius 3 is 2.85 bits per heavy atom. The Hall–Kier alpha value is -1.82. The highest BCUT2D eigenvalue weighted by Crippen LogP contribution is 2.31. The third kappa shape index (κ3) is 2.10. The Kier molecular flexibility index (Phi) is 3.25. The van der Waals surface area contributed by atoms with Crippen LogP contribution in [0.25, 0.3) is 11.3 Å². The molecule has 1 aliphatic rings. The van der Waals surface area contributed by atoms with Gasteiger partial charge >= 0.3 is 0 Å². The lowest BCUT2D eigenvalue weighted by atomic mass is 9.98. The lowest BCUT2D eigenvalue weighted by Crippen LogP contribution is -2.27. The van der Waals surface area contributed by atoms with E-state index in [4.69, 9.17) is 0 Å². The van der Waals surface area contributed by atoms with Crippen LogP contribution in [-0.2, 0) is 13.5 Å². The minimum atomic E-state index is -2.53. The predicted octanol–water partition coefficient (Wildman–Crippen LogP) is 2.63. The van der Waals surface area contributed by atoms with Crippen molar-refractivity contribution in [2.24, 2.45) is 7.05 Å². The molecule has 2 aromatic heterocycles. The van der Waals surface area contributed by atoms with E-state index in [0.717, 1.165) is 29.9 Å². The van der Waals surface area contributed by atoms with Gasteiger partial charge in [-0.1, -0.05) is 0 Å². The van der Waals surface area contributed by atoms with Crippen LogP contribution >= 0.6 is 0 Å². The van der Waals surface area contributed by atoms with Crippen LogP contribution in [0.15, 0.2) is 18.3 Å². The molecule has 0 fully saturated rings. The van der Waals surface area contributed by atoms with Gasteiger partial charge in [0.25, 0.3) is 6.43 Å². The van der Waals surface area contributed by atoms with E-state index in [0.29, 0.717) is 0 Å². The largest absolute Gasteiger partial charge is 0.308 e. The Bertz CT molecular complexity index is 619. The molecule has 4 nitrogen and oxygen atoms in total. The molecule has 0 saturated carbocycles. The van der Waals surface area contributed by atoms with E-state index < -0.39 is 6.43 Å². The van der Waals surface area contributed by atoms with Crippen molar-refractivity contribution >= 4 is 0 Å². The summed E-state index contributed by atoms with van der Waals surface area (Å²) in [6.45, 7) is 2.97. The van der Waals surface area contributed by atoms with Crippen LogP contribution in [0.2, 0.25) is 0 Å². The standard InChI is InChI=1S/C14H16F2N4/c1-8-12-10(5-6-17-8)13(20(2)19-12)9-3-4-11(14(15)16)18-7-9/h3-4,7-8,14,17H,5-6H2,1-2H3/t8-/m0/s1. The highest BCUT2D eigenvalue weighted by Gasteiger charge is 2.24. The number of hydrogen-bond donors (Lipinski definition) is 1. The van der Waals surface area contributed by atoms with Gasteiger partial charge in [-0.2, -0.15) is 5.10 Å². The van der Waals surface area contributed by atoms with Gasteiger partial charge in [0.15, 0.2) is 0 Å². The SMILES string of the molecule is C[C@@H]1NCCc2c1nn(C)c2-c1ccc(C(F)F)nc1. The summed E-state index contributed by atoms with van der Waals surface area (Å²) in [6, 6.07) is 3.29. The lowest BCUT2D eigenvalue weighted by molar-refractivity contribution is 0.146. The maximum absolute atomic E-state index is 12.6. The summed E-state index contributed by atoms with van der Waals surface area (Å²) < 4.78 is 26.9. The van der Waals surface area contributed by atoms with Crippen LogP contribution in [0.5, 0.6) is 0 Å². The van der Waals surface area contributed by atoms with Gasteiger partial charge in [-0.25, -0.2) is 8.78 Å². The van der Waals surface area contributed by atoms with Gasteiger partial charge in [0, 0.05) is 30.4 Å². The number of halogens is 2. The van der Waals surface area contributed by atoms with Crippen molar-refractivity contribution < 1.29 is 8.78 Å². The molecule has 20 heavy (non-hydrogen) atoms. The molecule has 0 spiro atoms. The van der Waals surface area contributed by atoms with E-state index in [9.17, 15) is 8.78 Å². The first-order valence-electron chi connectivity index (χ1n) is 6.61. The normalized spacial score (nSPS) is 18.4. The number of nitrogens with zero attached hydrogens (tertiary/aromatic N) is 3. The number of rotatable bonds is 2. The molecular formula is C14H16F2N4. The molecule has 1 aliphatic heterocycles. The summed E-state index contributed by atoms with van der Waals surface area (Å²) in [7, 11) is 1.88. The topological polar surface area (TPSA) is 42.7 Å². The summed E-state index contributed by atoms with van der Waals surface area (Å²) in [5.74, 6) is 0. The van der Waals surface area contributed by atoms with Gasteiger partial charge in [0.1, 0.15) is 5.69 Å². The van der Waals surface area contributed by atoms with Gasteiger partial charge < -0.3 is 5.32 Å². The van der Waals surface area contributed by atoms with Crippen molar-refractivity contribution in [2.45, 2.75) is 25.8 Å². The predicted molar refractivity (Wildman–Crippen MR) is 71.5 cm³/mol. The third-order valence-corrected chi connectivity index (χ3v) is 3.70. The van der Waals surface area contributed by atoms with Gasteiger partial charge in [-0.15, -0.1) is 0 Å². The number of alkyl halides is 2.